The molecule has 0 bridgehead atoms. The van der Waals surface area contributed by atoms with Crippen molar-refractivity contribution >= 4 is 11.7 Å². The summed E-state index contributed by atoms with van der Waals surface area (Å²) in [5.74, 6) is 0.181. The Labute approximate surface area is 113 Å². The highest BCUT2D eigenvalue weighted by Crippen LogP contribution is 2.46. The van der Waals surface area contributed by atoms with Crippen LogP contribution in [-0.2, 0) is 4.74 Å². The third kappa shape index (κ3) is 2.05. The molecule has 0 spiro atoms. The molecule has 19 heavy (non-hydrogen) atoms. The molecule has 3 heteroatoms. The maximum absolute atomic E-state index is 11.3. The van der Waals surface area contributed by atoms with E-state index in [4.69, 9.17) is 4.74 Å². The Bertz CT molecular complexity index is 572. The highest BCUT2D eigenvalue weighted by molar-refractivity contribution is 5.81. The minimum atomic E-state index is -0.369. The highest BCUT2D eigenvalue weighted by atomic mass is 16.5. The molecule has 1 atom stereocenters. The molecule has 2 aliphatic rings. The van der Waals surface area contributed by atoms with E-state index in [-0.39, 0.29) is 12.0 Å². The van der Waals surface area contributed by atoms with Gasteiger partial charge in [0.05, 0.1) is 0 Å². The van der Waals surface area contributed by atoms with Gasteiger partial charge in [0.25, 0.3) is 0 Å². The topological polar surface area (TPSA) is 38.3 Å². The Hall–Kier alpha value is -2.03. The number of nitrogens with one attached hydrogen (secondary N) is 1. The van der Waals surface area contributed by atoms with Crippen molar-refractivity contribution in [2.24, 2.45) is 0 Å². The number of fused-ring (bicyclic) bond motifs is 2. The van der Waals surface area contributed by atoms with E-state index in [9.17, 15) is 4.79 Å². The average Bonchev–Trinajstić information content (AvgIpc) is 2.79. The van der Waals surface area contributed by atoms with Crippen molar-refractivity contribution in [1.82, 2.24) is 5.32 Å². The quantitative estimate of drug-likeness (QED) is 0.881. The summed E-state index contributed by atoms with van der Waals surface area (Å²) in [6.45, 7) is 0.403. The number of carbonyl (C=O) groups excluding carboxylic acids is 1. The van der Waals surface area contributed by atoms with Gasteiger partial charge in [-0.15, -0.1) is 0 Å². The van der Waals surface area contributed by atoms with Crippen LogP contribution in [0, 0.1) is 0 Å². The number of benzene rings is 1. The normalized spacial score (nSPS) is 19.9. The number of amides is 1. The highest BCUT2D eigenvalue weighted by Gasteiger charge is 2.31. The molecule has 0 saturated heterocycles. The molecule has 3 rings (SSSR count). The van der Waals surface area contributed by atoms with Crippen LogP contribution in [0.5, 0.6) is 0 Å². The van der Waals surface area contributed by atoms with Gasteiger partial charge in [0.15, 0.2) is 0 Å². The molecule has 1 amide bonds. The zero-order chi connectivity index (χ0) is 13.2. The van der Waals surface area contributed by atoms with E-state index in [2.05, 4.69) is 35.7 Å². The maximum atomic E-state index is 11.3. The van der Waals surface area contributed by atoms with E-state index in [1.165, 1.54) is 22.3 Å². The molecule has 0 aliphatic heterocycles. The second-order valence-corrected chi connectivity index (χ2v) is 4.86. The monoisotopic (exact) mass is 255 g/mol. The van der Waals surface area contributed by atoms with E-state index in [1.54, 1.807) is 7.05 Å². The van der Waals surface area contributed by atoms with Crippen molar-refractivity contribution in [3.8, 4) is 0 Å². The molecule has 1 aromatic rings. The summed E-state index contributed by atoms with van der Waals surface area (Å²) in [6, 6.07) is 8.43. The van der Waals surface area contributed by atoms with Gasteiger partial charge in [0.2, 0.25) is 0 Å². The summed E-state index contributed by atoms with van der Waals surface area (Å²) >= 11 is 0. The van der Waals surface area contributed by atoms with Crippen molar-refractivity contribution in [3.63, 3.8) is 0 Å². The first-order valence-corrected chi connectivity index (χ1v) is 6.64. The molecule has 0 saturated carbocycles. The molecular weight excluding hydrogens is 238 g/mol. The molecule has 1 unspecified atom stereocenters. The lowest BCUT2D eigenvalue weighted by molar-refractivity contribution is 0.145. The third-order valence-corrected chi connectivity index (χ3v) is 3.83. The first kappa shape index (κ1) is 12.0. The van der Waals surface area contributed by atoms with Gasteiger partial charge in [0, 0.05) is 13.0 Å². The van der Waals surface area contributed by atoms with E-state index >= 15 is 0 Å². The predicted molar refractivity (Wildman–Crippen MR) is 74.9 cm³/mol. The van der Waals surface area contributed by atoms with Crippen molar-refractivity contribution in [1.29, 1.82) is 0 Å². The Morgan fingerprint density at radius 1 is 1.42 bits per heavy atom. The van der Waals surface area contributed by atoms with E-state index in [0.717, 1.165) is 12.8 Å². The Balaban J connectivity index is 1.92. The van der Waals surface area contributed by atoms with Crippen molar-refractivity contribution in [2.75, 3.05) is 13.7 Å². The molecule has 0 aromatic heterocycles. The van der Waals surface area contributed by atoms with Crippen LogP contribution < -0.4 is 5.32 Å². The fourth-order valence-electron chi connectivity index (χ4n) is 2.95. The molecule has 1 aromatic carbocycles. The maximum Gasteiger partial charge on any atom is 0.406 e. The minimum absolute atomic E-state index is 0.181. The Morgan fingerprint density at radius 3 is 3.11 bits per heavy atom. The van der Waals surface area contributed by atoms with Crippen LogP contribution >= 0.6 is 0 Å². The molecular formula is C16H17NO2. The first-order chi connectivity index (χ1) is 9.31. The van der Waals surface area contributed by atoms with E-state index in [1.807, 2.05) is 6.07 Å². The fraction of sp³-hybridized carbons (Fsp3) is 0.312. The second kappa shape index (κ2) is 4.92. The number of carbonyl (C=O) groups is 1. The Morgan fingerprint density at radius 2 is 2.26 bits per heavy atom. The molecule has 1 N–H and O–H groups in total. The minimum Gasteiger partial charge on any atom is -0.449 e. The van der Waals surface area contributed by atoms with Gasteiger partial charge in [-0.25, -0.2) is 4.79 Å². The van der Waals surface area contributed by atoms with Gasteiger partial charge in [-0.3, -0.25) is 0 Å². The summed E-state index contributed by atoms with van der Waals surface area (Å²) in [5, 5.41) is 2.49. The SMILES string of the molecule is CNC(=O)OCC1C2=C(CCC=C2)c2ccccc21. The molecule has 0 fully saturated rings. The van der Waals surface area contributed by atoms with Crippen molar-refractivity contribution < 1.29 is 9.53 Å². The van der Waals surface area contributed by atoms with E-state index < -0.39 is 0 Å². The number of alkyl carbamates (subject to hydrolysis) is 1. The van der Waals surface area contributed by atoms with Crippen molar-refractivity contribution in [2.45, 2.75) is 18.8 Å². The summed E-state index contributed by atoms with van der Waals surface area (Å²) in [7, 11) is 1.58. The summed E-state index contributed by atoms with van der Waals surface area (Å²) in [6.07, 6.45) is 6.20. The number of hydrogen-bond acceptors (Lipinski definition) is 2. The van der Waals surface area contributed by atoms with Crippen LogP contribution in [0.1, 0.15) is 29.9 Å². The number of rotatable bonds is 2. The number of ether oxygens (including phenoxy) is 1. The Kier molecular flexibility index (Phi) is 3.11. The smallest absolute Gasteiger partial charge is 0.406 e. The van der Waals surface area contributed by atoms with Gasteiger partial charge in [0.1, 0.15) is 6.61 Å². The second-order valence-electron chi connectivity index (χ2n) is 4.86. The van der Waals surface area contributed by atoms with Gasteiger partial charge < -0.3 is 10.1 Å². The zero-order valence-electron chi connectivity index (χ0n) is 11.0. The fourth-order valence-corrected chi connectivity index (χ4v) is 2.95. The largest absolute Gasteiger partial charge is 0.449 e. The predicted octanol–water partition coefficient (Wildman–Crippen LogP) is 3.24. The van der Waals surface area contributed by atoms with Gasteiger partial charge >= 0.3 is 6.09 Å². The summed E-state index contributed by atoms with van der Waals surface area (Å²) in [5.41, 5.74) is 5.34. The van der Waals surface area contributed by atoms with Crippen LogP contribution in [0.2, 0.25) is 0 Å². The van der Waals surface area contributed by atoms with Crippen LogP contribution in [0.25, 0.3) is 5.57 Å². The molecule has 2 aliphatic carbocycles. The van der Waals surface area contributed by atoms with Crippen LogP contribution in [-0.4, -0.2) is 19.7 Å². The van der Waals surface area contributed by atoms with Crippen molar-refractivity contribution in [3.05, 3.63) is 53.1 Å². The van der Waals surface area contributed by atoms with Gasteiger partial charge in [-0.1, -0.05) is 36.4 Å². The number of hydrogen-bond donors (Lipinski definition) is 1. The summed E-state index contributed by atoms with van der Waals surface area (Å²) in [4.78, 5) is 11.3. The lowest BCUT2D eigenvalue weighted by Gasteiger charge is -2.16. The zero-order valence-corrected chi connectivity index (χ0v) is 11.0. The molecule has 98 valence electrons. The van der Waals surface area contributed by atoms with Crippen LogP contribution in [0.15, 0.2) is 42.0 Å². The molecule has 0 heterocycles. The lowest BCUT2D eigenvalue weighted by atomic mass is 9.93. The van der Waals surface area contributed by atoms with Crippen LogP contribution in [0.3, 0.4) is 0 Å². The average molecular weight is 255 g/mol. The van der Waals surface area contributed by atoms with E-state index in [0.29, 0.717) is 6.61 Å². The molecule has 0 radical (unpaired) electrons. The van der Waals surface area contributed by atoms with Gasteiger partial charge in [-0.2, -0.15) is 0 Å². The third-order valence-electron chi connectivity index (χ3n) is 3.83. The summed E-state index contributed by atoms with van der Waals surface area (Å²) < 4.78 is 5.26. The molecule has 3 nitrogen and oxygen atoms in total. The number of allylic oxidation sites excluding steroid dienone is 3. The first-order valence-electron chi connectivity index (χ1n) is 6.64. The lowest BCUT2D eigenvalue weighted by Crippen LogP contribution is -2.22. The van der Waals surface area contributed by atoms with Crippen LogP contribution in [0.4, 0.5) is 4.79 Å². The van der Waals surface area contributed by atoms with Gasteiger partial charge in [-0.05, 0) is 35.1 Å². The standard InChI is InChI=1S/C16H17NO2/c1-17-16(18)19-10-15-13-8-4-2-6-11(13)12-7-3-5-9-14(12)15/h2,4-6,8-9,15H,3,7,10H2,1H3,(H,17,18).